The van der Waals surface area contributed by atoms with Gasteiger partial charge >= 0.3 is 5.97 Å². The van der Waals surface area contributed by atoms with E-state index in [2.05, 4.69) is 16.8 Å². The largest absolute Gasteiger partial charge is 0.481 e. The summed E-state index contributed by atoms with van der Waals surface area (Å²) in [5.41, 5.74) is 0.373. The van der Waals surface area contributed by atoms with Crippen molar-refractivity contribution in [2.45, 2.75) is 26.8 Å². The SMILES string of the molecule is Cc1nc(CN2C[C@@H]3CCOC[C@]3(C(=O)O)C2)sc1C. The van der Waals surface area contributed by atoms with Gasteiger partial charge in [-0.15, -0.1) is 11.3 Å². The first-order chi connectivity index (χ1) is 9.51. The lowest BCUT2D eigenvalue weighted by Crippen LogP contribution is -2.46. The fourth-order valence-electron chi connectivity index (χ4n) is 3.31. The molecule has 0 spiro atoms. The number of nitrogens with zero attached hydrogens (tertiary/aromatic N) is 2. The van der Waals surface area contributed by atoms with E-state index in [0.29, 0.717) is 19.8 Å². The Morgan fingerprint density at radius 2 is 2.40 bits per heavy atom. The van der Waals surface area contributed by atoms with E-state index in [4.69, 9.17) is 4.74 Å². The molecular formula is C14H20N2O3S. The molecule has 20 heavy (non-hydrogen) atoms. The van der Waals surface area contributed by atoms with Gasteiger partial charge in [-0.1, -0.05) is 0 Å². The van der Waals surface area contributed by atoms with Crippen LogP contribution in [0.1, 0.15) is 22.0 Å². The molecule has 0 aromatic carbocycles. The number of fused-ring (bicyclic) bond motifs is 1. The molecule has 0 radical (unpaired) electrons. The number of hydrogen-bond acceptors (Lipinski definition) is 5. The maximum atomic E-state index is 11.7. The molecule has 2 fully saturated rings. The number of ether oxygens (including phenoxy) is 1. The van der Waals surface area contributed by atoms with Crippen LogP contribution in [0.4, 0.5) is 0 Å². The third-order valence-electron chi connectivity index (χ3n) is 4.59. The molecule has 5 nitrogen and oxygen atoms in total. The van der Waals surface area contributed by atoms with Gasteiger partial charge in [0.15, 0.2) is 0 Å². The van der Waals surface area contributed by atoms with Crippen LogP contribution in [-0.4, -0.2) is 47.3 Å². The number of hydrogen-bond donors (Lipinski definition) is 1. The first kappa shape index (κ1) is 14.0. The van der Waals surface area contributed by atoms with Gasteiger partial charge in [0.25, 0.3) is 0 Å². The van der Waals surface area contributed by atoms with Gasteiger partial charge in [-0.3, -0.25) is 9.69 Å². The Labute approximate surface area is 122 Å². The van der Waals surface area contributed by atoms with Gasteiger partial charge < -0.3 is 9.84 Å². The third kappa shape index (κ3) is 2.25. The summed E-state index contributed by atoms with van der Waals surface area (Å²) in [6, 6.07) is 0. The number of carbonyl (C=O) groups is 1. The Bertz CT molecular complexity index is 511. The molecule has 6 heteroatoms. The number of rotatable bonds is 3. The van der Waals surface area contributed by atoms with E-state index in [0.717, 1.165) is 30.2 Å². The number of aromatic nitrogens is 1. The predicted molar refractivity (Wildman–Crippen MR) is 75.9 cm³/mol. The number of thiazole rings is 1. The molecule has 0 unspecified atom stereocenters. The van der Waals surface area contributed by atoms with Gasteiger partial charge in [0.2, 0.25) is 0 Å². The van der Waals surface area contributed by atoms with E-state index in [-0.39, 0.29) is 5.92 Å². The highest BCUT2D eigenvalue weighted by atomic mass is 32.1. The molecule has 3 rings (SSSR count). The van der Waals surface area contributed by atoms with Gasteiger partial charge in [0.05, 0.1) is 18.8 Å². The molecule has 2 saturated heterocycles. The molecular weight excluding hydrogens is 276 g/mol. The first-order valence-corrected chi connectivity index (χ1v) is 7.79. The van der Waals surface area contributed by atoms with Crippen LogP contribution in [0.15, 0.2) is 0 Å². The summed E-state index contributed by atoms with van der Waals surface area (Å²) in [4.78, 5) is 19.7. The predicted octanol–water partition coefficient (Wildman–Crippen LogP) is 1.68. The molecule has 0 amide bonds. The zero-order valence-electron chi connectivity index (χ0n) is 11.9. The van der Waals surface area contributed by atoms with Crippen molar-refractivity contribution in [2.75, 3.05) is 26.3 Å². The first-order valence-electron chi connectivity index (χ1n) is 6.98. The molecule has 3 heterocycles. The number of carboxylic acids is 1. The quantitative estimate of drug-likeness (QED) is 0.919. The fraction of sp³-hybridized carbons (Fsp3) is 0.714. The van der Waals surface area contributed by atoms with Crippen molar-refractivity contribution < 1.29 is 14.6 Å². The maximum absolute atomic E-state index is 11.7. The van der Waals surface area contributed by atoms with Crippen molar-refractivity contribution in [3.05, 3.63) is 15.6 Å². The monoisotopic (exact) mass is 296 g/mol. The second-order valence-corrected chi connectivity index (χ2v) is 7.21. The minimum absolute atomic E-state index is 0.205. The second-order valence-electron chi connectivity index (χ2n) is 5.92. The molecule has 2 aliphatic heterocycles. The van der Waals surface area contributed by atoms with Crippen LogP contribution in [0.25, 0.3) is 0 Å². The Morgan fingerprint density at radius 1 is 1.60 bits per heavy atom. The van der Waals surface area contributed by atoms with Crippen molar-refractivity contribution in [1.29, 1.82) is 0 Å². The summed E-state index contributed by atoms with van der Waals surface area (Å²) in [6.45, 7) is 7.30. The molecule has 1 aromatic heterocycles. The molecule has 1 N–H and O–H groups in total. The minimum Gasteiger partial charge on any atom is -0.481 e. The normalized spacial score (nSPS) is 30.4. The van der Waals surface area contributed by atoms with Crippen molar-refractivity contribution in [2.24, 2.45) is 11.3 Å². The van der Waals surface area contributed by atoms with E-state index in [1.165, 1.54) is 4.88 Å². The molecule has 0 bridgehead atoms. The topological polar surface area (TPSA) is 62.7 Å². The molecule has 110 valence electrons. The van der Waals surface area contributed by atoms with Gasteiger partial charge in [0, 0.05) is 24.6 Å². The lowest BCUT2D eigenvalue weighted by atomic mass is 9.76. The number of likely N-dealkylation sites (tertiary alicyclic amines) is 1. The van der Waals surface area contributed by atoms with E-state index < -0.39 is 11.4 Å². The lowest BCUT2D eigenvalue weighted by molar-refractivity contribution is -0.159. The highest BCUT2D eigenvalue weighted by molar-refractivity contribution is 7.11. The van der Waals surface area contributed by atoms with Crippen molar-refractivity contribution in [1.82, 2.24) is 9.88 Å². The van der Waals surface area contributed by atoms with Crippen LogP contribution in [0, 0.1) is 25.2 Å². The zero-order valence-corrected chi connectivity index (χ0v) is 12.7. The van der Waals surface area contributed by atoms with Crippen LogP contribution in [0.5, 0.6) is 0 Å². The van der Waals surface area contributed by atoms with Crippen LogP contribution in [0.2, 0.25) is 0 Å². The van der Waals surface area contributed by atoms with E-state index in [1.807, 2.05) is 6.92 Å². The van der Waals surface area contributed by atoms with Gasteiger partial charge in [0.1, 0.15) is 10.4 Å². The maximum Gasteiger partial charge on any atom is 0.313 e. The number of aryl methyl sites for hydroxylation is 2. The van der Waals surface area contributed by atoms with Crippen molar-refractivity contribution in [3.63, 3.8) is 0 Å². The zero-order chi connectivity index (χ0) is 14.3. The van der Waals surface area contributed by atoms with E-state index >= 15 is 0 Å². The van der Waals surface area contributed by atoms with Crippen LogP contribution >= 0.6 is 11.3 Å². The molecule has 2 aliphatic rings. The summed E-state index contributed by atoms with van der Waals surface area (Å²) in [5, 5.41) is 10.7. The van der Waals surface area contributed by atoms with Crippen LogP contribution < -0.4 is 0 Å². The fourth-order valence-corrected chi connectivity index (χ4v) is 4.29. The Kier molecular flexibility index (Phi) is 3.56. The number of aliphatic carboxylic acids is 1. The average molecular weight is 296 g/mol. The van der Waals surface area contributed by atoms with Crippen molar-refractivity contribution in [3.8, 4) is 0 Å². The molecule has 0 saturated carbocycles. The molecule has 2 atom stereocenters. The third-order valence-corrected chi connectivity index (χ3v) is 5.65. The molecule has 1 aromatic rings. The summed E-state index contributed by atoms with van der Waals surface area (Å²) >= 11 is 1.71. The smallest absolute Gasteiger partial charge is 0.313 e. The highest BCUT2D eigenvalue weighted by Crippen LogP contribution is 2.42. The van der Waals surface area contributed by atoms with Crippen LogP contribution in [-0.2, 0) is 16.1 Å². The van der Waals surface area contributed by atoms with E-state index in [9.17, 15) is 9.90 Å². The summed E-state index contributed by atoms with van der Waals surface area (Å²) in [6.07, 6.45) is 0.846. The highest BCUT2D eigenvalue weighted by Gasteiger charge is 2.54. The van der Waals surface area contributed by atoms with Crippen LogP contribution in [0.3, 0.4) is 0 Å². The van der Waals surface area contributed by atoms with Gasteiger partial charge in [-0.05, 0) is 26.2 Å². The summed E-state index contributed by atoms with van der Waals surface area (Å²) in [5.74, 6) is -0.507. The standard InChI is InChI=1S/C14H20N2O3S/c1-9-10(2)20-12(15-9)6-16-5-11-3-4-19-8-14(11,7-16)13(17)18/h11H,3-8H2,1-2H3,(H,17,18)/t11-,14+/m0/s1. The average Bonchev–Trinajstić information content (AvgIpc) is 2.91. The Hall–Kier alpha value is -0.980. The van der Waals surface area contributed by atoms with Gasteiger partial charge in [-0.25, -0.2) is 4.98 Å². The minimum atomic E-state index is -0.712. The molecule has 0 aliphatic carbocycles. The Balaban J connectivity index is 1.75. The van der Waals surface area contributed by atoms with Gasteiger partial charge in [-0.2, -0.15) is 0 Å². The Morgan fingerprint density at radius 3 is 3.00 bits per heavy atom. The lowest BCUT2D eigenvalue weighted by Gasteiger charge is -2.34. The van der Waals surface area contributed by atoms with E-state index in [1.54, 1.807) is 11.3 Å². The number of carboxylic acid groups (broad SMARTS) is 1. The second kappa shape index (κ2) is 5.09. The summed E-state index contributed by atoms with van der Waals surface area (Å²) < 4.78 is 5.45. The van der Waals surface area contributed by atoms with Crippen molar-refractivity contribution >= 4 is 17.3 Å². The summed E-state index contributed by atoms with van der Waals surface area (Å²) in [7, 11) is 0.